The Labute approximate surface area is 163 Å². The van der Waals surface area contributed by atoms with E-state index in [0.29, 0.717) is 6.54 Å². The Balaban J connectivity index is 1.52. The number of anilines is 1. The number of carbonyl (C=O) groups excluding carboxylic acids is 1. The summed E-state index contributed by atoms with van der Waals surface area (Å²) in [5.41, 5.74) is 3.32. The number of nitriles is 1. The van der Waals surface area contributed by atoms with Crippen LogP contribution in [-0.2, 0) is 4.79 Å². The van der Waals surface area contributed by atoms with Crippen molar-refractivity contribution in [2.75, 3.05) is 37.6 Å². The molecule has 0 spiro atoms. The highest BCUT2D eigenvalue weighted by atomic mass is 16.2. The second-order valence-electron chi connectivity index (χ2n) is 8.14. The van der Waals surface area contributed by atoms with E-state index in [1.165, 1.54) is 29.7 Å². The first-order valence-electron chi connectivity index (χ1n) is 10.3. The van der Waals surface area contributed by atoms with Gasteiger partial charge >= 0.3 is 0 Å². The minimum Gasteiger partial charge on any atom is -0.369 e. The molecule has 1 amide bonds. The molecule has 1 heterocycles. The number of nitrogens with zero attached hydrogens (tertiary/aromatic N) is 3. The number of benzene rings is 1. The molecule has 2 fully saturated rings. The van der Waals surface area contributed by atoms with Gasteiger partial charge in [-0.05, 0) is 43.9 Å². The van der Waals surface area contributed by atoms with Crippen molar-refractivity contribution < 1.29 is 4.79 Å². The van der Waals surface area contributed by atoms with E-state index in [1.807, 2.05) is 0 Å². The maximum Gasteiger partial charge on any atom is 0.235 e. The third kappa shape index (κ3) is 4.81. The fraction of sp³-hybridized carbons (Fsp3) is 0.636. The zero-order valence-electron chi connectivity index (χ0n) is 16.8. The first-order chi connectivity index (χ1) is 13.0. The summed E-state index contributed by atoms with van der Waals surface area (Å²) >= 11 is 0. The van der Waals surface area contributed by atoms with E-state index >= 15 is 0 Å². The van der Waals surface area contributed by atoms with Gasteiger partial charge in [0.1, 0.15) is 5.54 Å². The van der Waals surface area contributed by atoms with Gasteiger partial charge in [-0.3, -0.25) is 9.69 Å². The van der Waals surface area contributed by atoms with Crippen molar-refractivity contribution in [1.82, 2.24) is 10.2 Å². The summed E-state index contributed by atoms with van der Waals surface area (Å²) in [5, 5.41) is 12.7. The molecule has 146 valence electrons. The molecular formula is C22H32N4O. The van der Waals surface area contributed by atoms with Crippen molar-refractivity contribution in [2.45, 2.75) is 57.9 Å². The molecule has 1 aliphatic carbocycles. The average Bonchev–Trinajstić information content (AvgIpc) is 2.91. The monoisotopic (exact) mass is 368 g/mol. The second-order valence-corrected chi connectivity index (χ2v) is 8.14. The number of hydrogen-bond donors (Lipinski definition) is 1. The maximum absolute atomic E-state index is 12.6. The number of nitrogens with one attached hydrogen (secondary N) is 1. The van der Waals surface area contributed by atoms with Crippen LogP contribution in [0.3, 0.4) is 0 Å². The van der Waals surface area contributed by atoms with Gasteiger partial charge in [0, 0.05) is 31.9 Å². The highest BCUT2D eigenvalue weighted by Gasteiger charge is 2.33. The Morgan fingerprint density at radius 1 is 1.11 bits per heavy atom. The molecule has 27 heavy (non-hydrogen) atoms. The predicted molar refractivity (Wildman–Crippen MR) is 109 cm³/mol. The van der Waals surface area contributed by atoms with Crippen LogP contribution in [0.2, 0.25) is 0 Å². The molecule has 1 saturated carbocycles. The molecule has 0 aromatic heterocycles. The van der Waals surface area contributed by atoms with Crippen molar-refractivity contribution in [3.63, 3.8) is 0 Å². The largest absolute Gasteiger partial charge is 0.369 e. The highest BCUT2D eigenvalue weighted by molar-refractivity contribution is 5.79. The minimum absolute atomic E-state index is 0.00126. The van der Waals surface area contributed by atoms with Crippen molar-refractivity contribution in [3.05, 3.63) is 29.3 Å². The summed E-state index contributed by atoms with van der Waals surface area (Å²) in [5.74, 6) is -0.00126. The fourth-order valence-corrected chi connectivity index (χ4v) is 4.33. The Bertz CT molecular complexity index is 693. The molecule has 1 aromatic carbocycles. The van der Waals surface area contributed by atoms with E-state index in [0.717, 1.165) is 51.9 Å². The van der Waals surface area contributed by atoms with Gasteiger partial charge in [-0.25, -0.2) is 0 Å². The number of aryl methyl sites for hydroxylation is 1. The number of piperazine rings is 1. The van der Waals surface area contributed by atoms with Crippen LogP contribution < -0.4 is 10.2 Å². The highest BCUT2D eigenvalue weighted by Crippen LogP contribution is 2.27. The third-order valence-corrected chi connectivity index (χ3v) is 6.21. The maximum atomic E-state index is 12.6. The van der Waals surface area contributed by atoms with Gasteiger partial charge in [0.2, 0.25) is 5.91 Å². The Kier molecular flexibility index (Phi) is 6.38. The first kappa shape index (κ1) is 19.7. The van der Waals surface area contributed by atoms with E-state index < -0.39 is 5.54 Å². The van der Waals surface area contributed by atoms with E-state index in [4.69, 9.17) is 0 Å². The van der Waals surface area contributed by atoms with Crippen molar-refractivity contribution >= 4 is 11.6 Å². The standard InChI is InChI=1S/C22H32N4O/c1-18-8-7-9-20(19(18)2)26-14-12-25(13-15-26)16-21(27)24-22(17-23)10-5-3-4-6-11-22/h7-9H,3-6,10-16H2,1-2H3,(H,24,27). The van der Waals surface area contributed by atoms with Gasteiger partial charge in [-0.15, -0.1) is 0 Å². The van der Waals surface area contributed by atoms with Crippen LogP contribution in [0.1, 0.15) is 49.7 Å². The number of hydrogen-bond acceptors (Lipinski definition) is 4. The van der Waals surface area contributed by atoms with Gasteiger partial charge in [-0.2, -0.15) is 5.26 Å². The van der Waals surface area contributed by atoms with Gasteiger partial charge in [0.05, 0.1) is 12.6 Å². The van der Waals surface area contributed by atoms with Crippen molar-refractivity contribution in [1.29, 1.82) is 5.26 Å². The predicted octanol–water partition coefficient (Wildman–Crippen LogP) is 3.16. The van der Waals surface area contributed by atoms with Gasteiger partial charge in [0.25, 0.3) is 0 Å². The van der Waals surface area contributed by atoms with Gasteiger partial charge in [0.15, 0.2) is 0 Å². The van der Waals surface area contributed by atoms with Crippen LogP contribution in [-0.4, -0.2) is 49.1 Å². The van der Waals surface area contributed by atoms with Crippen LogP contribution >= 0.6 is 0 Å². The smallest absolute Gasteiger partial charge is 0.235 e. The molecular weight excluding hydrogens is 336 g/mol. The van der Waals surface area contributed by atoms with Crippen LogP contribution in [0.15, 0.2) is 18.2 Å². The molecule has 1 saturated heterocycles. The van der Waals surface area contributed by atoms with Crippen LogP contribution in [0.25, 0.3) is 0 Å². The molecule has 2 aliphatic rings. The first-order valence-corrected chi connectivity index (χ1v) is 10.3. The van der Waals surface area contributed by atoms with Crippen molar-refractivity contribution in [2.24, 2.45) is 0 Å². The molecule has 3 rings (SSSR count). The number of carbonyl (C=O) groups is 1. The lowest BCUT2D eigenvalue weighted by atomic mass is 9.92. The SMILES string of the molecule is Cc1cccc(N2CCN(CC(=O)NC3(C#N)CCCCCC3)CC2)c1C. The summed E-state index contributed by atoms with van der Waals surface area (Å²) in [6.45, 7) is 8.34. The Hall–Kier alpha value is -2.06. The molecule has 0 bridgehead atoms. The molecule has 0 radical (unpaired) electrons. The zero-order chi connectivity index (χ0) is 19.3. The zero-order valence-corrected chi connectivity index (χ0v) is 16.8. The molecule has 1 N–H and O–H groups in total. The fourth-order valence-electron chi connectivity index (χ4n) is 4.33. The lowest BCUT2D eigenvalue weighted by molar-refractivity contribution is -0.123. The molecule has 5 nitrogen and oxygen atoms in total. The van der Waals surface area contributed by atoms with E-state index in [9.17, 15) is 10.1 Å². The molecule has 1 aliphatic heterocycles. The Morgan fingerprint density at radius 3 is 2.41 bits per heavy atom. The van der Waals surface area contributed by atoms with Crippen molar-refractivity contribution in [3.8, 4) is 6.07 Å². The van der Waals surface area contributed by atoms with Gasteiger partial charge in [-0.1, -0.05) is 37.8 Å². The third-order valence-electron chi connectivity index (χ3n) is 6.21. The summed E-state index contributed by atoms with van der Waals surface area (Å²) in [7, 11) is 0. The lowest BCUT2D eigenvalue weighted by Gasteiger charge is -2.37. The van der Waals surface area contributed by atoms with Crippen LogP contribution in [0.4, 0.5) is 5.69 Å². The molecule has 1 aromatic rings. The normalized spacial score (nSPS) is 20.6. The van der Waals surface area contributed by atoms with Gasteiger partial charge < -0.3 is 10.2 Å². The van der Waals surface area contributed by atoms with Crippen LogP contribution in [0, 0.1) is 25.2 Å². The topological polar surface area (TPSA) is 59.4 Å². The second kappa shape index (κ2) is 8.75. The summed E-state index contributed by atoms with van der Waals surface area (Å²) < 4.78 is 0. The number of rotatable bonds is 4. The van der Waals surface area contributed by atoms with E-state index in [1.54, 1.807) is 0 Å². The molecule has 0 atom stereocenters. The summed E-state index contributed by atoms with van der Waals surface area (Å²) in [6.07, 6.45) is 5.97. The molecule has 0 unspecified atom stereocenters. The average molecular weight is 369 g/mol. The molecule has 5 heteroatoms. The van der Waals surface area contributed by atoms with Crippen LogP contribution in [0.5, 0.6) is 0 Å². The summed E-state index contributed by atoms with van der Waals surface area (Å²) in [4.78, 5) is 17.2. The minimum atomic E-state index is -0.645. The summed E-state index contributed by atoms with van der Waals surface area (Å²) in [6, 6.07) is 8.86. The van der Waals surface area contributed by atoms with E-state index in [-0.39, 0.29) is 5.91 Å². The van der Waals surface area contributed by atoms with E-state index in [2.05, 4.69) is 53.2 Å². The quantitative estimate of drug-likeness (QED) is 0.830. The lowest BCUT2D eigenvalue weighted by Crippen LogP contribution is -2.53. The number of amides is 1. The Morgan fingerprint density at radius 2 is 1.78 bits per heavy atom.